The van der Waals surface area contributed by atoms with E-state index in [0.29, 0.717) is 10.6 Å². The van der Waals surface area contributed by atoms with Gasteiger partial charge in [-0.3, -0.25) is 4.98 Å². The van der Waals surface area contributed by atoms with Crippen LogP contribution in [-0.4, -0.2) is 10.1 Å². The number of aliphatic hydroxyl groups is 1. The van der Waals surface area contributed by atoms with Gasteiger partial charge in [0, 0.05) is 24.4 Å². The Balaban J connectivity index is 2.24. The van der Waals surface area contributed by atoms with Gasteiger partial charge in [-0.15, -0.1) is 0 Å². The summed E-state index contributed by atoms with van der Waals surface area (Å²) in [4.78, 5) is 3.79. The number of aromatic nitrogens is 1. The van der Waals surface area contributed by atoms with E-state index in [4.69, 9.17) is 11.6 Å². The molecule has 2 rings (SSSR count). The van der Waals surface area contributed by atoms with Gasteiger partial charge in [0.05, 0.1) is 11.1 Å². The van der Waals surface area contributed by atoms with Crippen molar-refractivity contribution in [2.75, 3.05) is 0 Å². The number of aliphatic hydroxyl groups excluding tert-OH is 1. The lowest BCUT2D eigenvalue weighted by atomic mass is 10.0. The molecule has 1 aromatic carbocycles. The molecule has 0 aliphatic heterocycles. The van der Waals surface area contributed by atoms with Crippen LogP contribution in [0, 0.1) is 11.6 Å². The fourth-order valence-corrected chi connectivity index (χ4v) is 1.92. The van der Waals surface area contributed by atoms with Crippen LogP contribution < -0.4 is 0 Å². The second kappa shape index (κ2) is 5.42. The minimum atomic E-state index is -1.00. The van der Waals surface area contributed by atoms with E-state index < -0.39 is 17.7 Å². The normalized spacial score (nSPS) is 12.4. The van der Waals surface area contributed by atoms with Crippen LogP contribution in [0.2, 0.25) is 5.02 Å². The Morgan fingerprint density at radius 1 is 1.28 bits per heavy atom. The van der Waals surface area contributed by atoms with Crippen LogP contribution in [0.3, 0.4) is 0 Å². The maximum Gasteiger partial charge on any atom is 0.126 e. The predicted molar refractivity (Wildman–Crippen MR) is 64.3 cm³/mol. The highest BCUT2D eigenvalue weighted by molar-refractivity contribution is 6.31. The Bertz CT molecular complexity index is 562. The molecular weight excluding hydrogens is 260 g/mol. The van der Waals surface area contributed by atoms with Gasteiger partial charge in [0.2, 0.25) is 0 Å². The van der Waals surface area contributed by atoms with Crippen molar-refractivity contribution < 1.29 is 13.9 Å². The topological polar surface area (TPSA) is 33.1 Å². The van der Waals surface area contributed by atoms with E-state index >= 15 is 0 Å². The van der Waals surface area contributed by atoms with Crippen molar-refractivity contribution >= 4 is 11.6 Å². The molecule has 1 unspecified atom stereocenters. The van der Waals surface area contributed by atoms with Crippen LogP contribution in [0.25, 0.3) is 0 Å². The van der Waals surface area contributed by atoms with Crippen LogP contribution in [0.15, 0.2) is 36.7 Å². The minimum Gasteiger partial charge on any atom is -0.388 e. The zero-order chi connectivity index (χ0) is 13.1. The molecule has 2 nitrogen and oxygen atoms in total. The molecule has 2 aromatic rings. The summed E-state index contributed by atoms with van der Waals surface area (Å²) in [6.45, 7) is 0. The molecule has 0 aliphatic carbocycles. The summed E-state index contributed by atoms with van der Waals surface area (Å²) in [6, 6.07) is 4.67. The van der Waals surface area contributed by atoms with Crippen LogP contribution in [-0.2, 0) is 6.42 Å². The van der Waals surface area contributed by atoms with Gasteiger partial charge in [0.25, 0.3) is 0 Å². The van der Waals surface area contributed by atoms with E-state index in [1.165, 1.54) is 12.4 Å². The maximum absolute atomic E-state index is 13.4. The average Bonchev–Trinajstić information content (AvgIpc) is 2.34. The molecule has 0 aliphatic rings. The summed E-state index contributed by atoms with van der Waals surface area (Å²) in [5, 5.41) is 10.3. The summed E-state index contributed by atoms with van der Waals surface area (Å²) < 4.78 is 26.4. The zero-order valence-electron chi connectivity index (χ0n) is 9.28. The lowest BCUT2D eigenvalue weighted by Crippen LogP contribution is -2.05. The van der Waals surface area contributed by atoms with Gasteiger partial charge >= 0.3 is 0 Å². The van der Waals surface area contributed by atoms with Crippen molar-refractivity contribution in [2.45, 2.75) is 12.5 Å². The Labute approximate surface area is 108 Å². The molecule has 0 radical (unpaired) electrons. The monoisotopic (exact) mass is 269 g/mol. The minimum absolute atomic E-state index is 0.0483. The Hall–Kier alpha value is -1.52. The Morgan fingerprint density at radius 3 is 2.78 bits per heavy atom. The van der Waals surface area contributed by atoms with Crippen molar-refractivity contribution in [1.82, 2.24) is 4.98 Å². The smallest absolute Gasteiger partial charge is 0.126 e. The number of halogens is 3. The van der Waals surface area contributed by atoms with E-state index in [1.807, 2.05) is 0 Å². The Morgan fingerprint density at radius 2 is 2.06 bits per heavy atom. The fraction of sp³-hybridized carbons (Fsp3) is 0.154. The van der Waals surface area contributed by atoms with Crippen molar-refractivity contribution in [2.24, 2.45) is 0 Å². The summed E-state index contributed by atoms with van der Waals surface area (Å²) in [7, 11) is 0. The average molecular weight is 270 g/mol. The molecule has 1 aromatic heterocycles. The van der Waals surface area contributed by atoms with Gasteiger partial charge in [-0.2, -0.15) is 0 Å². The van der Waals surface area contributed by atoms with Gasteiger partial charge in [-0.05, 0) is 29.8 Å². The third-order valence-corrected chi connectivity index (χ3v) is 2.90. The van der Waals surface area contributed by atoms with Crippen molar-refractivity contribution in [3.05, 3.63) is 64.4 Å². The highest BCUT2D eigenvalue weighted by Gasteiger charge is 2.15. The summed E-state index contributed by atoms with van der Waals surface area (Å²) in [6.07, 6.45) is 1.82. The summed E-state index contributed by atoms with van der Waals surface area (Å²) >= 11 is 5.87. The highest BCUT2D eigenvalue weighted by Crippen LogP contribution is 2.25. The van der Waals surface area contributed by atoms with E-state index in [2.05, 4.69) is 4.98 Å². The van der Waals surface area contributed by atoms with Crippen LogP contribution >= 0.6 is 11.6 Å². The molecule has 0 saturated carbocycles. The van der Waals surface area contributed by atoms with E-state index in [9.17, 15) is 13.9 Å². The molecular formula is C13H10ClF2NO. The molecule has 1 atom stereocenters. The predicted octanol–water partition coefficient (Wildman–Crippen LogP) is 3.29. The van der Waals surface area contributed by atoms with Gasteiger partial charge in [-0.25, -0.2) is 8.78 Å². The number of nitrogens with zero attached hydrogens (tertiary/aromatic N) is 1. The van der Waals surface area contributed by atoms with Gasteiger partial charge in [0.15, 0.2) is 0 Å². The third-order valence-electron chi connectivity index (χ3n) is 2.58. The first-order valence-electron chi connectivity index (χ1n) is 5.29. The zero-order valence-corrected chi connectivity index (χ0v) is 10.0. The number of benzene rings is 1. The Kier molecular flexibility index (Phi) is 3.89. The first kappa shape index (κ1) is 12.9. The van der Waals surface area contributed by atoms with Gasteiger partial charge in [0.1, 0.15) is 11.6 Å². The first-order chi connectivity index (χ1) is 8.58. The van der Waals surface area contributed by atoms with Gasteiger partial charge in [-0.1, -0.05) is 11.6 Å². The van der Waals surface area contributed by atoms with E-state index in [1.54, 1.807) is 6.07 Å². The molecule has 0 spiro atoms. The molecule has 1 N–H and O–H groups in total. The van der Waals surface area contributed by atoms with Crippen molar-refractivity contribution in [3.8, 4) is 0 Å². The highest BCUT2D eigenvalue weighted by atomic mass is 35.5. The third kappa shape index (κ3) is 2.83. The standard InChI is InChI=1S/C13H10ClF2NO/c14-11-7-17-4-3-10(11)13(18)6-8-5-9(15)1-2-12(8)16/h1-5,7,13,18H,6H2. The van der Waals surface area contributed by atoms with Crippen LogP contribution in [0.4, 0.5) is 8.78 Å². The number of hydrogen-bond donors (Lipinski definition) is 1. The van der Waals surface area contributed by atoms with Crippen LogP contribution in [0.5, 0.6) is 0 Å². The number of pyridine rings is 1. The second-order valence-electron chi connectivity index (χ2n) is 3.85. The second-order valence-corrected chi connectivity index (χ2v) is 4.26. The molecule has 94 valence electrons. The number of rotatable bonds is 3. The SMILES string of the molecule is OC(Cc1cc(F)ccc1F)c1ccncc1Cl. The molecule has 1 heterocycles. The van der Waals surface area contributed by atoms with E-state index in [-0.39, 0.29) is 12.0 Å². The molecule has 5 heteroatoms. The maximum atomic E-state index is 13.4. The van der Waals surface area contributed by atoms with Crippen molar-refractivity contribution in [3.63, 3.8) is 0 Å². The molecule has 0 bridgehead atoms. The largest absolute Gasteiger partial charge is 0.388 e. The quantitative estimate of drug-likeness (QED) is 0.927. The van der Waals surface area contributed by atoms with Crippen molar-refractivity contribution in [1.29, 1.82) is 0 Å². The molecule has 0 amide bonds. The summed E-state index contributed by atoms with van der Waals surface area (Å²) in [5.74, 6) is -1.10. The first-order valence-corrected chi connectivity index (χ1v) is 5.67. The van der Waals surface area contributed by atoms with Crippen LogP contribution in [0.1, 0.15) is 17.2 Å². The lowest BCUT2D eigenvalue weighted by molar-refractivity contribution is 0.177. The molecule has 0 fully saturated rings. The van der Waals surface area contributed by atoms with E-state index in [0.717, 1.165) is 18.2 Å². The fourth-order valence-electron chi connectivity index (χ4n) is 1.67. The summed E-state index contributed by atoms with van der Waals surface area (Å²) in [5.41, 5.74) is 0.547. The number of hydrogen-bond acceptors (Lipinski definition) is 2. The van der Waals surface area contributed by atoms with Gasteiger partial charge < -0.3 is 5.11 Å². The molecule has 18 heavy (non-hydrogen) atoms. The lowest BCUT2D eigenvalue weighted by Gasteiger charge is -2.12. The molecule has 0 saturated heterocycles.